The van der Waals surface area contributed by atoms with Crippen LogP contribution in [0.1, 0.15) is 10.4 Å². The average Bonchev–Trinajstić information content (AvgIpc) is 2.45. The second-order valence-corrected chi connectivity index (χ2v) is 4.72. The van der Waals surface area contributed by atoms with Crippen LogP contribution in [-0.4, -0.2) is 45.4 Å². The van der Waals surface area contributed by atoms with E-state index in [0.717, 1.165) is 13.2 Å². The van der Waals surface area contributed by atoms with E-state index in [0.29, 0.717) is 29.5 Å². The van der Waals surface area contributed by atoms with Crippen LogP contribution in [0.4, 0.5) is 0 Å². The minimum atomic E-state index is -0.180. The molecule has 1 unspecified atom stereocenters. The quantitative estimate of drug-likeness (QED) is 0.868. The Balaban J connectivity index is 1.95. The molecule has 2 rings (SSSR count). The zero-order chi connectivity index (χ0) is 13.7. The largest absolute Gasteiger partial charge is 0.496 e. The maximum absolute atomic E-state index is 12.1. The summed E-state index contributed by atoms with van der Waals surface area (Å²) in [5.41, 5.74) is 0.476. The van der Waals surface area contributed by atoms with Gasteiger partial charge in [-0.3, -0.25) is 4.79 Å². The van der Waals surface area contributed by atoms with E-state index in [4.69, 9.17) is 21.1 Å². The van der Waals surface area contributed by atoms with Crippen LogP contribution in [0.5, 0.6) is 5.75 Å². The number of morpholine rings is 1. The van der Waals surface area contributed by atoms with E-state index in [1.54, 1.807) is 18.2 Å². The SMILES string of the molecule is COc1cc(Cl)ccc1C(=O)NCC1COCCN1. The molecule has 1 saturated heterocycles. The van der Waals surface area contributed by atoms with Gasteiger partial charge in [-0.15, -0.1) is 0 Å². The Morgan fingerprint density at radius 2 is 2.47 bits per heavy atom. The van der Waals surface area contributed by atoms with Crippen molar-refractivity contribution < 1.29 is 14.3 Å². The standard InChI is InChI=1S/C13H17ClN2O3/c1-18-12-6-9(14)2-3-11(12)13(17)16-7-10-8-19-5-4-15-10/h2-3,6,10,15H,4-5,7-8H2,1H3,(H,16,17). The molecule has 19 heavy (non-hydrogen) atoms. The molecule has 5 nitrogen and oxygen atoms in total. The first-order chi connectivity index (χ1) is 9.20. The summed E-state index contributed by atoms with van der Waals surface area (Å²) in [6, 6.07) is 5.09. The Morgan fingerprint density at radius 3 is 3.16 bits per heavy atom. The van der Waals surface area contributed by atoms with E-state index in [2.05, 4.69) is 10.6 Å². The predicted octanol–water partition coefficient (Wildman–Crippen LogP) is 1.07. The van der Waals surface area contributed by atoms with Crippen LogP contribution in [0.3, 0.4) is 0 Å². The number of hydrogen-bond donors (Lipinski definition) is 2. The first-order valence-electron chi connectivity index (χ1n) is 6.13. The van der Waals surface area contributed by atoms with Gasteiger partial charge in [-0.2, -0.15) is 0 Å². The lowest BCUT2D eigenvalue weighted by atomic mass is 10.2. The minimum absolute atomic E-state index is 0.149. The Hall–Kier alpha value is -1.30. The summed E-state index contributed by atoms with van der Waals surface area (Å²) in [5.74, 6) is 0.291. The first kappa shape index (κ1) is 14.1. The van der Waals surface area contributed by atoms with Gasteiger partial charge in [-0.05, 0) is 18.2 Å². The monoisotopic (exact) mass is 284 g/mol. The smallest absolute Gasteiger partial charge is 0.255 e. The highest BCUT2D eigenvalue weighted by atomic mass is 35.5. The highest BCUT2D eigenvalue weighted by Crippen LogP contribution is 2.22. The number of rotatable bonds is 4. The fourth-order valence-electron chi connectivity index (χ4n) is 1.91. The fourth-order valence-corrected chi connectivity index (χ4v) is 2.08. The number of carbonyl (C=O) groups is 1. The Kier molecular flexibility index (Phi) is 5.01. The summed E-state index contributed by atoms with van der Waals surface area (Å²) >= 11 is 5.86. The third-order valence-corrected chi connectivity index (χ3v) is 3.15. The van der Waals surface area contributed by atoms with Crippen LogP contribution in [0.25, 0.3) is 0 Å². The van der Waals surface area contributed by atoms with Crippen molar-refractivity contribution in [3.8, 4) is 5.75 Å². The summed E-state index contributed by atoms with van der Waals surface area (Å²) in [6.07, 6.45) is 0. The normalized spacial score (nSPS) is 18.9. The molecule has 1 aliphatic heterocycles. The molecule has 104 valence electrons. The zero-order valence-corrected chi connectivity index (χ0v) is 11.5. The Labute approximate surface area is 117 Å². The molecule has 0 aromatic heterocycles. The summed E-state index contributed by atoms with van der Waals surface area (Å²) < 4.78 is 10.5. The van der Waals surface area contributed by atoms with E-state index >= 15 is 0 Å². The molecular formula is C13H17ClN2O3. The van der Waals surface area contributed by atoms with Crippen LogP contribution in [0.2, 0.25) is 5.02 Å². The number of amides is 1. The molecule has 1 atom stereocenters. The lowest BCUT2D eigenvalue weighted by Crippen LogP contribution is -2.48. The Bertz CT molecular complexity index is 448. The summed E-state index contributed by atoms with van der Waals surface area (Å²) in [6.45, 7) is 2.66. The molecule has 1 heterocycles. The molecular weight excluding hydrogens is 268 g/mol. The van der Waals surface area contributed by atoms with Crippen molar-refractivity contribution in [3.63, 3.8) is 0 Å². The third-order valence-electron chi connectivity index (χ3n) is 2.92. The fraction of sp³-hybridized carbons (Fsp3) is 0.462. The van der Waals surface area contributed by atoms with E-state index in [1.165, 1.54) is 7.11 Å². The van der Waals surface area contributed by atoms with Crippen molar-refractivity contribution in [3.05, 3.63) is 28.8 Å². The van der Waals surface area contributed by atoms with Crippen LogP contribution in [0.15, 0.2) is 18.2 Å². The second-order valence-electron chi connectivity index (χ2n) is 4.28. The van der Waals surface area contributed by atoms with Crippen molar-refractivity contribution in [1.82, 2.24) is 10.6 Å². The third kappa shape index (κ3) is 3.83. The van der Waals surface area contributed by atoms with Gasteiger partial charge in [0.15, 0.2) is 0 Å². The number of nitrogens with one attached hydrogen (secondary N) is 2. The van der Waals surface area contributed by atoms with E-state index in [-0.39, 0.29) is 11.9 Å². The maximum Gasteiger partial charge on any atom is 0.255 e. The number of hydrogen-bond acceptors (Lipinski definition) is 4. The molecule has 0 spiro atoms. The number of halogens is 1. The zero-order valence-electron chi connectivity index (χ0n) is 10.7. The summed E-state index contributed by atoms with van der Waals surface area (Å²) in [4.78, 5) is 12.1. The van der Waals surface area contributed by atoms with Crippen molar-refractivity contribution >= 4 is 17.5 Å². The minimum Gasteiger partial charge on any atom is -0.496 e. The van der Waals surface area contributed by atoms with Gasteiger partial charge in [0.2, 0.25) is 0 Å². The summed E-state index contributed by atoms with van der Waals surface area (Å²) in [5, 5.41) is 6.67. The van der Waals surface area contributed by atoms with Crippen LogP contribution in [0, 0.1) is 0 Å². The molecule has 1 aliphatic rings. The Morgan fingerprint density at radius 1 is 1.63 bits per heavy atom. The molecule has 0 saturated carbocycles. The molecule has 6 heteroatoms. The van der Waals surface area contributed by atoms with E-state index < -0.39 is 0 Å². The van der Waals surface area contributed by atoms with Crippen LogP contribution in [-0.2, 0) is 4.74 Å². The van der Waals surface area contributed by atoms with Crippen molar-refractivity contribution in [2.75, 3.05) is 33.4 Å². The second kappa shape index (κ2) is 6.75. The van der Waals surface area contributed by atoms with Crippen LogP contribution < -0.4 is 15.4 Å². The average molecular weight is 285 g/mol. The number of methoxy groups -OCH3 is 1. The highest BCUT2D eigenvalue weighted by Gasteiger charge is 2.16. The number of benzene rings is 1. The molecule has 1 fully saturated rings. The van der Waals surface area contributed by atoms with Gasteiger partial charge in [-0.1, -0.05) is 11.6 Å². The molecule has 1 amide bonds. The highest BCUT2D eigenvalue weighted by molar-refractivity contribution is 6.30. The van der Waals surface area contributed by atoms with Gasteiger partial charge in [0.05, 0.1) is 25.9 Å². The first-order valence-corrected chi connectivity index (χ1v) is 6.51. The topological polar surface area (TPSA) is 59.6 Å². The number of ether oxygens (including phenoxy) is 2. The maximum atomic E-state index is 12.1. The molecule has 0 bridgehead atoms. The van der Waals surface area contributed by atoms with Gasteiger partial charge in [-0.25, -0.2) is 0 Å². The van der Waals surface area contributed by atoms with Gasteiger partial charge in [0.25, 0.3) is 5.91 Å². The van der Waals surface area contributed by atoms with Gasteiger partial charge >= 0.3 is 0 Å². The molecule has 0 aliphatic carbocycles. The van der Waals surface area contributed by atoms with Gasteiger partial charge < -0.3 is 20.1 Å². The van der Waals surface area contributed by atoms with E-state index in [1.807, 2.05) is 0 Å². The predicted molar refractivity (Wildman–Crippen MR) is 72.9 cm³/mol. The lowest BCUT2D eigenvalue weighted by molar-refractivity contribution is 0.0734. The van der Waals surface area contributed by atoms with Crippen molar-refractivity contribution in [2.24, 2.45) is 0 Å². The molecule has 2 N–H and O–H groups in total. The van der Waals surface area contributed by atoms with E-state index in [9.17, 15) is 4.79 Å². The number of carbonyl (C=O) groups excluding carboxylic acids is 1. The molecule has 0 radical (unpaired) electrons. The lowest BCUT2D eigenvalue weighted by Gasteiger charge is -2.24. The van der Waals surface area contributed by atoms with Gasteiger partial charge in [0.1, 0.15) is 5.75 Å². The molecule has 1 aromatic carbocycles. The van der Waals surface area contributed by atoms with Crippen molar-refractivity contribution in [1.29, 1.82) is 0 Å². The molecule has 1 aromatic rings. The summed E-state index contributed by atoms with van der Waals surface area (Å²) in [7, 11) is 1.51. The van der Waals surface area contributed by atoms with Crippen molar-refractivity contribution in [2.45, 2.75) is 6.04 Å². The van der Waals surface area contributed by atoms with Crippen LogP contribution >= 0.6 is 11.6 Å². The van der Waals surface area contributed by atoms with Gasteiger partial charge in [0, 0.05) is 24.2 Å².